The second-order valence-electron chi connectivity index (χ2n) is 6.07. The molecule has 0 atom stereocenters. The second-order valence-corrected chi connectivity index (χ2v) is 6.07. The fraction of sp³-hybridized carbons (Fsp3) is 0.263. The Balaban J connectivity index is 2.07. The Labute approximate surface area is 136 Å². The van der Waals surface area contributed by atoms with Gasteiger partial charge in [0.25, 0.3) is 0 Å². The lowest BCUT2D eigenvalue weighted by molar-refractivity contribution is 0.0894. The van der Waals surface area contributed by atoms with Crippen LogP contribution in [0.15, 0.2) is 54.6 Å². The number of ketones is 2. The number of likely N-dealkylation sites (N-methyl/N-ethyl adjacent to an activating group) is 1. The van der Waals surface area contributed by atoms with Crippen LogP contribution in [0, 0.1) is 0 Å². The summed E-state index contributed by atoms with van der Waals surface area (Å²) in [7, 11) is 3.98. The van der Waals surface area contributed by atoms with Crippen molar-refractivity contribution in [2.45, 2.75) is 6.42 Å². The molecule has 4 nitrogen and oxygen atoms in total. The van der Waals surface area contributed by atoms with Crippen LogP contribution >= 0.6 is 0 Å². The van der Waals surface area contributed by atoms with Gasteiger partial charge in [-0.3, -0.25) is 14.1 Å². The quantitative estimate of drug-likeness (QED) is 0.486. The first-order valence-electron chi connectivity index (χ1n) is 7.60. The van der Waals surface area contributed by atoms with E-state index in [9.17, 15) is 9.59 Å². The Bertz CT molecular complexity index is 676. The fourth-order valence-corrected chi connectivity index (χ4v) is 2.40. The lowest BCUT2D eigenvalue weighted by atomic mass is 10.0. The van der Waals surface area contributed by atoms with Crippen LogP contribution in [0.3, 0.4) is 0 Å². The normalized spacial score (nSPS) is 11.3. The fourth-order valence-electron chi connectivity index (χ4n) is 2.40. The van der Waals surface area contributed by atoms with E-state index in [-0.39, 0.29) is 24.6 Å². The molecule has 0 saturated carbocycles. The third-order valence-electron chi connectivity index (χ3n) is 3.96. The van der Waals surface area contributed by atoms with E-state index in [4.69, 9.17) is 5.11 Å². The maximum atomic E-state index is 12.2. The van der Waals surface area contributed by atoms with Crippen molar-refractivity contribution in [3.05, 3.63) is 65.7 Å². The summed E-state index contributed by atoms with van der Waals surface area (Å²) in [5, 5.41) is 9.11. The standard InChI is InChI=1S/C19H22NO3/c1-20(2,12-13-21)17-10-8-16(9-11-17)19(23)14-18(22)15-6-4-3-5-7-15/h3-11,21H,12-14H2,1-2H3/q+1. The largest absolute Gasteiger partial charge is 0.390 e. The van der Waals surface area contributed by atoms with E-state index in [0.29, 0.717) is 22.2 Å². The van der Waals surface area contributed by atoms with Crippen molar-refractivity contribution in [2.24, 2.45) is 0 Å². The van der Waals surface area contributed by atoms with E-state index in [0.717, 1.165) is 5.69 Å². The maximum absolute atomic E-state index is 12.2. The van der Waals surface area contributed by atoms with E-state index in [1.807, 2.05) is 32.3 Å². The highest BCUT2D eigenvalue weighted by Crippen LogP contribution is 2.20. The monoisotopic (exact) mass is 312 g/mol. The van der Waals surface area contributed by atoms with Gasteiger partial charge in [0, 0.05) is 11.1 Å². The van der Waals surface area contributed by atoms with Gasteiger partial charge in [-0.15, -0.1) is 0 Å². The predicted octanol–water partition coefficient (Wildman–Crippen LogP) is 2.70. The summed E-state index contributed by atoms with van der Waals surface area (Å²) in [5.41, 5.74) is 2.09. The molecule has 0 amide bonds. The lowest BCUT2D eigenvalue weighted by Gasteiger charge is -2.28. The second kappa shape index (κ2) is 7.31. The molecule has 1 N–H and O–H groups in total. The molecular weight excluding hydrogens is 290 g/mol. The molecule has 0 fully saturated rings. The first kappa shape index (κ1) is 17.1. The van der Waals surface area contributed by atoms with E-state index in [2.05, 4.69) is 0 Å². The van der Waals surface area contributed by atoms with Crippen LogP contribution in [0.5, 0.6) is 0 Å². The van der Waals surface area contributed by atoms with Crippen LogP contribution in [0.1, 0.15) is 27.1 Å². The molecule has 2 aromatic rings. The first-order valence-corrected chi connectivity index (χ1v) is 7.60. The zero-order valence-corrected chi connectivity index (χ0v) is 13.5. The van der Waals surface area contributed by atoms with Crippen LogP contribution in [0.2, 0.25) is 0 Å². The van der Waals surface area contributed by atoms with Gasteiger partial charge in [-0.2, -0.15) is 0 Å². The number of carbonyl (C=O) groups excluding carboxylic acids is 2. The summed E-state index contributed by atoms with van der Waals surface area (Å²) in [6.45, 7) is 0.693. The molecule has 0 spiro atoms. The Morgan fingerprint density at radius 3 is 1.91 bits per heavy atom. The molecule has 0 bridgehead atoms. The molecule has 0 aliphatic carbocycles. The Morgan fingerprint density at radius 1 is 0.870 bits per heavy atom. The van der Waals surface area contributed by atoms with Gasteiger partial charge in [0.1, 0.15) is 12.2 Å². The highest BCUT2D eigenvalue weighted by atomic mass is 16.3. The van der Waals surface area contributed by atoms with Gasteiger partial charge in [-0.1, -0.05) is 30.3 Å². The van der Waals surface area contributed by atoms with Gasteiger partial charge in [0.15, 0.2) is 11.6 Å². The number of quaternary nitrogens is 1. The van der Waals surface area contributed by atoms with Crippen molar-refractivity contribution in [3.8, 4) is 0 Å². The SMILES string of the molecule is C[N+](C)(CCO)c1ccc(C(=O)CC(=O)c2ccccc2)cc1. The summed E-state index contributed by atoms with van der Waals surface area (Å²) in [4.78, 5) is 24.3. The maximum Gasteiger partial charge on any atom is 0.170 e. The van der Waals surface area contributed by atoms with Gasteiger partial charge in [-0.25, -0.2) is 0 Å². The minimum atomic E-state index is -0.183. The van der Waals surface area contributed by atoms with Crippen molar-refractivity contribution in [2.75, 3.05) is 27.2 Å². The van der Waals surface area contributed by atoms with Crippen molar-refractivity contribution in [3.63, 3.8) is 0 Å². The summed E-state index contributed by atoms with van der Waals surface area (Å²) in [6.07, 6.45) is -0.127. The molecule has 4 heteroatoms. The molecule has 0 aromatic heterocycles. The minimum absolute atomic E-state index is 0.0965. The molecule has 0 saturated heterocycles. The molecule has 0 heterocycles. The van der Waals surface area contributed by atoms with Crippen LogP contribution in [-0.4, -0.2) is 43.9 Å². The number of rotatable bonds is 7. The molecule has 0 radical (unpaired) electrons. The molecule has 23 heavy (non-hydrogen) atoms. The number of nitrogens with zero attached hydrogens (tertiary/aromatic N) is 1. The van der Waals surface area contributed by atoms with Gasteiger partial charge >= 0.3 is 0 Å². The van der Waals surface area contributed by atoms with Crippen molar-refractivity contribution >= 4 is 17.3 Å². The smallest absolute Gasteiger partial charge is 0.170 e. The summed E-state index contributed by atoms with van der Waals surface area (Å²) in [6, 6.07) is 16.1. The summed E-state index contributed by atoms with van der Waals surface area (Å²) in [5.74, 6) is -0.353. The Kier molecular flexibility index (Phi) is 5.42. The number of aliphatic hydroxyl groups excluding tert-OH is 1. The number of hydrogen-bond donors (Lipinski definition) is 1. The Morgan fingerprint density at radius 2 is 1.39 bits per heavy atom. The molecular formula is C19H22NO3+. The minimum Gasteiger partial charge on any atom is -0.390 e. The zero-order valence-electron chi connectivity index (χ0n) is 13.5. The third-order valence-corrected chi connectivity index (χ3v) is 3.96. The van der Waals surface area contributed by atoms with E-state index < -0.39 is 0 Å². The van der Waals surface area contributed by atoms with Gasteiger partial charge in [0.2, 0.25) is 0 Å². The van der Waals surface area contributed by atoms with Crippen LogP contribution in [-0.2, 0) is 0 Å². The van der Waals surface area contributed by atoms with Gasteiger partial charge in [0.05, 0.1) is 27.1 Å². The highest BCUT2D eigenvalue weighted by molar-refractivity contribution is 6.13. The molecule has 0 aliphatic heterocycles. The number of carbonyl (C=O) groups is 2. The van der Waals surface area contributed by atoms with Crippen molar-refractivity contribution in [1.29, 1.82) is 0 Å². The van der Waals surface area contributed by atoms with E-state index >= 15 is 0 Å². The van der Waals surface area contributed by atoms with Crippen LogP contribution < -0.4 is 4.48 Å². The highest BCUT2D eigenvalue weighted by Gasteiger charge is 2.19. The molecule has 0 unspecified atom stereocenters. The van der Waals surface area contributed by atoms with E-state index in [1.165, 1.54) is 0 Å². The summed E-state index contributed by atoms with van der Waals surface area (Å²) >= 11 is 0. The predicted molar refractivity (Wildman–Crippen MR) is 91.8 cm³/mol. The molecule has 2 rings (SSSR count). The Hall–Kier alpha value is -2.30. The summed E-state index contributed by atoms with van der Waals surface area (Å²) < 4.78 is 0.536. The van der Waals surface area contributed by atoms with Crippen molar-refractivity contribution in [1.82, 2.24) is 4.48 Å². The van der Waals surface area contributed by atoms with Crippen LogP contribution in [0.25, 0.3) is 0 Å². The molecule has 120 valence electrons. The van der Waals surface area contributed by atoms with Gasteiger partial charge in [-0.05, 0) is 24.3 Å². The average Bonchev–Trinajstić information content (AvgIpc) is 2.55. The number of benzene rings is 2. The van der Waals surface area contributed by atoms with Crippen LogP contribution in [0.4, 0.5) is 5.69 Å². The molecule has 2 aromatic carbocycles. The van der Waals surface area contributed by atoms with Crippen molar-refractivity contribution < 1.29 is 14.7 Å². The molecule has 0 aliphatic rings. The number of hydrogen-bond acceptors (Lipinski definition) is 3. The van der Waals surface area contributed by atoms with E-state index in [1.54, 1.807) is 36.4 Å². The first-order chi connectivity index (χ1) is 10.9. The topological polar surface area (TPSA) is 54.4 Å². The number of aliphatic hydroxyl groups is 1. The lowest BCUT2D eigenvalue weighted by Crippen LogP contribution is -2.42. The third kappa shape index (κ3) is 4.34. The van der Waals surface area contributed by atoms with Gasteiger partial charge < -0.3 is 5.11 Å². The average molecular weight is 312 g/mol. The number of Topliss-reactive ketones (excluding diaryl/α,β-unsaturated/α-hetero) is 2. The zero-order chi connectivity index (χ0) is 16.9.